The van der Waals surface area contributed by atoms with Gasteiger partial charge in [0.25, 0.3) is 11.6 Å². The van der Waals surface area contributed by atoms with E-state index >= 15 is 0 Å². The maximum Gasteiger partial charge on any atom is 0.284 e. The van der Waals surface area contributed by atoms with E-state index in [1.165, 1.54) is 37.5 Å². The van der Waals surface area contributed by atoms with Gasteiger partial charge >= 0.3 is 0 Å². The van der Waals surface area contributed by atoms with E-state index < -0.39 is 10.8 Å². The molecule has 3 aromatic rings. The fourth-order valence-corrected chi connectivity index (χ4v) is 2.87. The maximum atomic E-state index is 12.5. The highest BCUT2D eigenvalue weighted by Gasteiger charge is 2.20. The average Bonchev–Trinajstić information content (AvgIpc) is 3.33. The van der Waals surface area contributed by atoms with Crippen LogP contribution in [-0.2, 0) is 4.79 Å². The number of rotatable bonds is 6. The lowest BCUT2D eigenvalue weighted by molar-refractivity contribution is -0.384. The van der Waals surface area contributed by atoms with E-state index in [9.17, 15) is 20.2 Å². The molecular formula is C21H18N4O5. The first-order valence-electron chi connectivity index (χ1n) is 8.84. The van der Waals surface area contributed by atoms with E-state index in [-0.39, 0.29) is 28.3 Å². The molecule has 9 nitrogen and oxygen atoms in total. The van der Waals surface area contributed by atoms with E-state index in [2.05, 4.69) is 5.43 Å². The zero-order valence-electron chi connectivity index (χ0n) is 16.5. The van der Waals surface area contributed by atoms with Crippen LogP contribution in [0.1, 0.15) is 17.1 Å². The number of aromatic nitrogens is 1. The molecule has 0 aliphatic carbocycles. The second kappa shape index (κ2) is 8.36. The summed E-state index contributed by atoms with van der Waals surface area (Å²) in [5.41, 5.74) is 4.16. The molecule has 0 aliphatic heterocycles. The van der Waals surface area contributed by atoms with Crippen molar-refractivity contribution in [2.75, 3.05) is 12.5 Å². The predicted octanol–water partition coefficient (Wildman–Crippen LogP) is 3.96. The second-order valence-corrected chi connectivity index (χ2v) is 6.40. The van der Waals surface area contributed by atoms with Gasteiger partial charge in [0.1, 0.15) is 28.9 Å². The molecule has 0 spiro atoms. The van der Waals surface area contributed by atoms with E-state index in [0.717, 1.165) is 11.4 Å². The summed E-state index contributed by atoms with van der Waals surface area (Å²) in [5, 5.41) is 20.8. The topological polar surface area (TPSA) is 123 Å². The molecule has 0 unspecified atom stereocenters. The van der Waals surface area contributed by atoms with Crippen LogP contribution in [0.25, 0.3) is 17.4 Å². The molecule has 1 aromatic carbocycles. The van der Waals surface area contributed by atoms with Gasteiger partial charge in [0.2, 0.25) is 0 Å². The Morgan fingerprint density at radius 2 is 1.93 bits per heavy atom. The number of nitriles is 1. The number of nitro benzene ring substituents is 1. The number of hydrogen-bond acceptors (Lipinski definition) is 6. The lowest BCUT2D eigenvalue weighted by Crippen LogP contribution is -2.25. The lowest BCUT2D eigenvalue weighted by atomic mass is 10.1. The third kappa shape index (κ3) is 4.07. The van der Waals surface area contributed by atoms with Gasteiger partial charge in [0, 0.05) is 17.5 Å². The lowest BCUT2D eigenvalue weighted by Gasteiger charge is -2.10. The van der Waals surface area contributed by atoms with Gasteiger partial charge in [-0.2, -0.15) is 5.26 Å². The molecule has 2 heterocycles. The minimum Gasteiger partial charge on any atom is -0.497 e. The summed E-state index contributed by atoms with van der Waals surface area (Å²) in [6.07, 6.45) is 1.28. The van der Waals surface area contributed by atoms with Crippen LogP contribution < -0.4 is 10.2 Å². The van der Waals surface area contributed by atoms with Crippen LogP contribution in [-0.4, -0.2) is 22.6 Å². The van der Waals surface area contributed by atoms with Crippen LogP contribution in [0.15, 0.2) is 52.5 Å². The van der Waals surface area contributed by atoms with Crippen LogP contribution in [0.3, 0.4) is 0 Å². The molecule has 30 heavy (non-hydrogen) atoms. The van der Waals surface area contributed by atoms with Gasteiger partial charge in [0.15, 0.2) is 0 Å². The highest BCUT2D eigenvalue weighted by atomic mass is 16.6. The van der Waals surface area contributed by atoms with E-state index in [0.29, 0.717) is 5.75 Å². The van der Waals surface area contributed by atoms with Crippen molar-refractivity contribution < 1.29 is 18.9 Å². The Kier molecular flexibility index (Phi) is 5.69. The van der Waals surface area contributed by atoms with E-state index in [1.807, 2.05) is 32.0 Å². The summed E-state index contributed by atoms with van der Waals surface area (Å²) in [5.74, 6) is 0.178. The Balaban J connectivity index is 1.90. The summed E-state index contributed by atoms with van der Waals surface area (Å²) < 4.78 is 12.2. The number of aryl methyl sites for hydroxylation is 2. The number of amides is 1. The van der Waals surface area contributed by atoms with Gasteiger partial charge in [0.05, 0.1) is 23.7 Å². The molecule has 1 N–H and O–H groups in total. The smallest absolute Gasteiger partial charge is 0.284 e. The largest absolute Gasteiger partial charge is 0.497 e. The van der Waals surface area contributed by atoms with Crippen LogP contribution >= 0.6 is 0 Å². The molecule has 0 saturated carbocycles. The zero-order chi connectivity index (χ0) is 21.8. The summed E-state index contributed by atoms with van der Waals surface area (Å²) in [6, 6.07) is 13.0. The summed E-state index contributed by atoms with van der Waals surface area (Å²) in [6.45, 7) is 3.65. The molecule has 1 amide bonds. The molecule has 0 bridgehead atoms. The molecular weight excluding hydrogens is 388 g/mol. The van der Waals surface area contributed by atoms with Crippen molar-refractivity contribution in [2.45, 2.75) is 13.8 Å². The Labute approximate surface area is 171 Å². The summed E-state index contributed by atoms with van der Waals surface area (Å²) in [4.78, 5) is 23.3. The Hall–Kier alpha value is -4.32. The number of carbonyl (C=O) groups excluding carboxylic acids is 1. The first-order chi connectivity index (χ1) is 14.3. The van der Waals surface area contributed by atoms with Crippen molar-refractivity contribution in [2.24, 2.45) is 0 Å². The zero-order valence-corrected chi connectivity index (χ0v) is 16.5. The van der Waals surface area contributed by atoms with Crippen molar-refractivity contribution in [3.8, 4) is 23.1 Å². The molecule has 0 radical (unpaired) electrons. The Bertz CT molecular complexity index is 1180. The van der Waals surface area contributed by atoms with Crippen molar-refractivity contribution in [3.05, 3.63) is 75.3 Å². The summed E-state index contributed by atoms with van der Waals surface area (Å²) >= 11 is 0. The standard InChI is InChI=1S/C21H18N4O5/c1-13-4-5-14(2)24(13)23-21(26)15(12-22)10-17-7-9-20(30-17)18-8-6-16(29-3)11-19(18)25(27)28/h4-11H,1-3H3,(H,23,26)/b15-10-. The maximum absolute atomic E-state index is 12.5. The van der Waals surface area contributed by atoms with Crippen molar-refractivity contribution in [3.63, 3.8) is 0 Å². The first kappa shape index (κ1) is 20.4. The Morgan fingerprint density at radius 3 is 2.53 bits per heavy atom. The number of carbonyl (C=O) groups is 1. The third-order valence-corrected chi connectivity index (χ3v) is 4.43. The fourth-order valence-electron chi connectivity index (χ4n) is 2.87. The fraction of sp³-hybridized carbons (Fsp3) is 0.143. The van der Waals surface area contributed by atoms with Gasteiger partial charge < -0.3 is 9.15 Å². The van der Waals surface area contributed by atoms with Crippen LogP contribution in [0.5, 0.6) is 5.75 Å². The monoisotopic (exact) mass is 406 g/mol. The predicted molar refractivity (Wildman–Crippen MR) is 109 cm³/mol. The molecule has 0 saturated heterocycles. The number of hydrogen-bond donors (Lipinski definition) is 1. The highest BCUT2D eigenvalue weighted by Crippen LogP contribution is 2.34. The van der Waals surface area contributed by atoms with Crippen LogP contribution in [0.2, 0.25) is 0 Å². The molecule has 0 aliphatic rings. The average molecular weight is 406 g/mol. The van der Waals surface area contributed by atoms with E-state index in [4.69, 9.17) is 9.15 Å². The molecule has 2 aromatic heterocycles. The van der Waals surface area contributed by atoms with Crippen molar-refractivity contribution in [1.82, 2.24) is 4.68 Å². The van der Waals surface area contributed by atoms with Gasteiger partial charge in [-0.1, -0.05) is 0 Å². The van der Waals surface area contributed by atoms with Gasteiger partial charge in [-0.3, -0.25) is 25.0 Å². The SMILES string of the molecule is COc1ccc(-c2ccc(/C=C(/C#N)C(=O)Nn3c(C)ccc3C)o2)c([N+](=O)[O-])c1. The first-order valence-corrected chi connectivity index (χ1v) is 8.84. The van der Waals surface area contributed by atoms with Crippen LogP contribution in [0, 0.1) is 35.3 Å². The van der Waals surface area contributed by atoms with Crippen molar-refractivity contribution in [1.29, 1.82) is 5.26 Å². The number of furan rings is 1. The molecule has 0 atom stereocenters. The minimum atomic E-state index is -0.603. The van der Waals surface area contributed by atoms with Gasteiger partial charge in [-0.05, 0) is 50.2 Å². The minimum absolute atomic E-state index is 0.173. The quantitative estimate of drug-likeness (QED) is 0.286. The number of benzene rings is 1. The number of ether oxygens (including phenoxy) is 1. The number of methoxy groups -OCH3 is 1. The Morgan fingerprint density at radius 1 is 1.23 bits per heavy atom. The third-order valence-electron chi connectivity index (χ3n) is 4.43. The van der Waals surface area contributed by atoms with Gasteiger partial charge in [-0.25, -0.2) is 0 Å². The summed E-state index contributed by atoms with van der Waals surface area (Å²) in [7, 11) is 1.42. The second-order valence-electron chi connectivity index (χ2n) is 6.40. The van der Waals surface area contributed by atoms with Gasteiger partial charge in [-0.15, -0.1) is 0 Å². The normalized spacial score (nSPS) is 11.1. The van der Waals surface area contributed by atoms with Crippen molar-refractivity contribution >= 4 is 17.7 Å². The van der Waals surface area contributed by atoms with Crippen LogP contribution in [0.4, 0.5) is 5.69 Å². The molecule has 152 valence electrons. The number of nitrogens with one attached hydrogen (secondary N) is 1. The molecule has 3 rings (SSSR count). The van der Waals surface area contributed by atoms with E-state index in [1.54, 1.807) is 10.7 Å². The molecule has 0 fully saturated rings. The number of nitrogens with zero attached hydrogens (tertiary/aromatic N) is 3. The highest BCUT2D eigenvalue weighted by molar-refractivity contribution is 6.06. The number of nitro groups is 1. The molecule has 9 heteroatoms.